The quantitative estimate of drug-likeness (QED) is 0.834. The number of aromatic nitrogens is 2. The second kappa shape index (κ2) is 6.98. The highest BCUT2D eigenvalue weighted by atomic mass is 16.6. The fraction of sp³-hybridized carbons (Fsp3) is 0.500. The van der Waals surface area contributed by atoms with E-state index < -0.39 is 11.7 Å². The predicted molar refractivity (Wildman–Crippen MR) is 102 cm³/mol. The SMILES string of the molecule is COc1cc2nc(N3CC(NC(=O)OC(C)(C)C)C3)nc(N)c2cc1OC. The number of fused-ring (bicyclic) bond motifs is 1. The fourth-order valence-corrected chi connectivity index (χ4v) is 2.82. The second-order valence-electron chi connectivity index (χ2n) is 7.38. The van der Waals surface area contributed by atoms with Gasteiger partial charge in [-0.3, -0.25) is 0 Å². The van der Waals surface area contributed by atoms with E-state index in [0.29, 0.717) is 47.3 Å². The van der Waals surface area contributed by atoms with E-state index in [9.17, 15) is 4.79 Å². The molecule has 0 spiro atoms. The number of nitrogens with one attached hydrogen (secondary N) is 1. The Hall–Kier alpha value is -2.97. The zero-order valence-electron chi connectivity index (χ0n) is 16.2. The van der Waals surface area contributed by atoms with Crippen molar-refractivity contribution in [2.24, 2.45) is 0 Å². The Bertz CT molecular complexity index is 859. The van der Waals surface area contributed by atoms with Gasteiger partial charge < -0.3 is 30.2 Å². The number of hydrogen-bond acceptors (Lipinski definition) is 8. The molecule has 0 atom stereocenters. The molecule has 9 nitrogen and oxygen atoms in total. The van der Waals surface area contributed by atoms with Crippen LogP contribution in [0.15, 0.2) is 12.1 Å². The van der Waals surface area contributed by atoms with Crippen molar-refractivity contribution in [1.82, 2.24) is 15.3 Å². The maximum atomic E-state index is 11.8. The number of benzene rings is 1. The van der Waals surface area contributed by atoms with Gasteiger partial charge in [-0.05, 0) is 26.8 Å². The van der Waals surface area contributed by atoms with Gasteiger partial charge in [-0.2, -0.15) is 4.98 Å². The van der Waals surface area contributed by atoms with Crippen molar-refractivity contribution < 1.29 is 19.0 Å². The van der Waals surface area contributed by atoms with Crippen LogP contribution in [0.5, 0.6) is 11.5 Å². The number of ether oxygens (including phenoxy) is 3. The van der Waals surface area contributed by atoms with Gasteiger partial charge in [0, 0.05) is 24.5 Å². The minimum absolute atomic E-state index is 0.0224. The molecule has 1 aliphatic rings. The van der Waals surface area contributed by atoms with Crippen LogP contribution in [0.3, 0.4) is 0 Å². The predicted octanol–water partition coefficient (Wildman–Crippen LogP) is 1.94. The van der Waals surface area contributed by atoms with Crippen LogP contribution in [-0.4, -0.2) is 55.0 Å². The van der Waals surface area contributed by atoms with Crippen LogP contribution < -0.4 is 25.4 Å². The number of alkyl carbamates (subject to hydrolysis) is 1. The van der Waals surface area contributed by atoms with Crippen molar-refractivity contribution >= 4 is 28.8 Å². The number of methoxy groups -OCH3 is 2. The molecule has 0 unspecified atom stereocenters. The Balaban J connectivity index is 1.72. The van der Waals surface area contributed by atoms with E-state index in [-0.39, 0.29) is 6.04 Å². The molecule has 1 aromatic heterocycles. The molecular weight excluding hydrogens is 350 g/mol. The Kier molecular flexibility index (Phi) is 4.86. The number of nitrogens with zero attached hydrogens (tertiary/aromatic N) is 3. The van der Waals surface area contributed by atoms with E-state index in [1.165, 1.54) is 0 Å². The lowest BCUT2D eigenvalue weighted by atomic mass is 10.1. The molecule has 0 aliphatic carbocycles. The third kappa shape index (κ3) is 4.07. The molecule has 1 fully saturated rings. The lowest BCUT2D eigenvalue weighted by Gasteiger charge is -2.39. The highest BCUT2D eigenvalue weighted by Crippen LogP contribution is 2.34. The van der Waals surface area contributed by atoms with Crippen LogP contribution in [0, 0.1) is 0 Å². The van der Waals surface area contributed by atoms with Crippen molar-refractivity contribution in [2.45, 2.75) is 32.4 Å². The molecule has 1 aliphatic heterocycles. The Morgan fingerprint density at radius 3 is 2.41 bits per heavy atom. The van der Waals surface area contributed by atoms with Gasteiger partial charge >= 0.3 is 6.09 Å². The topological polar surface area (TPSA) is 112 Å². The largest absolute Gasteiger partial charge is 0.493 e. The smallest absolute Gasteiger partial charge is 0.407 e. The average molecular weight is 375 g/mol. The van der Waals surface area contributed by atoms with Crippen LogP contribution in [0.1, 0.15) is 20.8 Å². The minimum atomic E-state index is -0.524. The van der Waals surface area contributed by atoms with Crippen molar-refractivity contribution in [3.8, 4) is 11.5 Å². The molecule has 0 bridgehead atoms. The molecule has 27 heavy (non-hydrogen) atoms. The van der Waals surface area contributed by atoms with Crippen molar-refractivity contribution in [3.63, 3.8) is 0 Å². The summed E-state index contributed by atoms with van der Waals surface area (Å²) in [5, 5.41) is 3.53. The summed E-state index contributed by atoms with van der Waals surface area (Å²) in [6.07, 6.45) is -0.428. The van der Waals surface area contributed by atoms with E-state index in [1.54, 1.807) is 26.4 Å². The average Bonchev–Trinajstić information content (AvgIpc) is 2.54. The number of carbonyl (C=O) groups is 1. The number of anilines is 2. The molecule has 1 amide bonds. The molecular formula is C18H25N5O4. The van der Waals surface area contributed by atoms with Gasteiger partial charge in [-0.25, -0.2) is 9.78 Å². The monoisotopic (exact) mass is 375 g/mol. The lowest BCUT2D eigenvalue weighted by molar-refractivity contribution is 0.0495. The van der Waals surface area contributed by atoms with Gasteiger partial charge in [0.1, 0.15) is 11.4 Å². The molecule has 2 heterocycles. The van der Waals surface area contributed by atoms with E-state index in [2.05, 4.69) is 15.3 Å². The highest BCUT2D eigenvalue weighted by Gasteiger charge is 2.32. The summed E-state index contributed by atoms with van der Waals surface area (Å²) in [7, 11) is 3.13. The highest BCUT2D eigenvalue weighted by molar-refractivity contribution is 5.91. The Labute approximate surface area is 157 Å². The van der Waals surface area contributed by atoms with Crippen molar-refractivity contribution in [2.75, 3.05) is 37.9 Å². The van der Waals surface area contributed by atoms with Gasteiger partial charge in [-0.1, -0.05) is 0 Å². The van der Waals surface area contributed by atoms with E-state index in [0.717, 1.165) is 0 Å². The van der Waals surface area contributed by atoms with Crippen LogP contribution in [0.2, 0.25) is 0 Å². The van der Waals surface area contributed by atoms with Crippen LogP contribution in [0.25, 0.3) is 10.9 Å². The van der Waals surface area contributed by atoms with Gasteiger partial charge in [0.2, 0.25) is 5.95 Å². The summed E-state index contributed by atoms with van der Waals surface area (Å²) in [5.74, 6) is 2.01. The first kappa shape index (κ1) is 18.8. The number of hydrogen-bond donors (Lipinski definition) is 2. The molecule has 2 aromatic rings. The first-order valence-corrected chi connectivity index (χ1v) is 8.64. The third-order valence-corrected chi connectivity index (χ3v) is 4.10. The molecule has 9 heteroatoms. The normalized spacial score (nSPS) is 14.6. The second-order valence-corrected chi connectivity index (χ2v) is 7.38. The van der Waals surface area contributed by atoms with E-state index >= 15 is 0 Å². The van der Waals surface area contributed by atoms with Crippen LogP contribution >= 0.6 is 0 Å². The molecule has 146 valence electrons. The van der Waals surface area contributed by atoms with E-state index in [1.807, 2.05) is 25.7 Å². The number of rotatable bonds is 4. The summed E-state index contributed by atoms with van der Waals surface area (Å²) in [5.41, 5.74) is 6.25. The van der Waals surface area contributed by atoms with Crippen LogP contribution in [0.4, 0.5) is 16.6 Å². The van der Waals surface area contributed by atoms with Crippen molar-refractivity contribution in [1.29, 1.82) is 0 Å². The Morgan fingerprint density at radius 1 is 1.19 bits per heavy atom. The fourth-order valence-electron chi connectivity index (χ4n) is 2.82. The third-order valence-electron chi connectivity index (χ3n) is 4.10. The number of nitrogen functional groups attached to an aromatic ring is 1. The zero-order chi connectivity index (χ0) is 19.8. The van der Waals surface area contributed by atoms with Crippen LogP contribution in [-0.2, 0) is 4.74 Å². The standard InChI is InChI=1S/C18H25N5O4/c1-18(2,3)27-17(24)20-10-8-23(9-10)16-21-12-7-14(26-5)13(25-4)6-11(12)15(19)22-16/h6-7,10H,8-9H2,1-5H3,(H,20,24)(H2,19,21,22). The molecule has 3 rings (SSSR count). The summed E-state index contributed by atoms with van der Waals surface area (Å²) in [6, 6.07) is 3.51. The number of amides is 1. The molecule has 0 radical (unpaired) electrons. The zero-order valence-corrected chi connectivity index (χ0v) is 16.2. The van der Waals surface area contributed by atoms with Gasteiger partial charge in [0.15, 0.2) is 11.5 Å². The van der Waals surface area contributed by atoms with Crippen molar-refractivity contribution in [3.05, 3.63) is 12.1 Å². The maximum absolute atomic E-state index is 11.8. The van der Waals surface area contributed by atoms with Gasteiger partial charge in [-0.15, -0.1) is 0 Å². The first-order chi connectivity index (χ1) is 12.7. The molecule has 0 saturated carbocycles. The first-order valence-electron chi connectivity index (χ1n) is 8.64. The summed E-state index contributed by atoms with van der Waals surface area (Å²) < 4.78 is 15.9. The molecule has 1 saturated heterocycles. The summed E-state index contributed by atoms with van der Waals surface area (Å²) in [4.78, 5) is 22.7. The lowest BCUT2D eigenvalue weighted by Crippen LogP contribution is -2.60. The Morgan fingerprint density at radius 2 is 1.81 bits per heavy atom. The summed E-state index contributed by atoms with van der Waals surface area (Å²) in [6.45, 7) is 6.65. The van der Waals surface area contributed by atoms with Gasteiger partial charge in [0.25, 0.3) is 0 Å². The number of nitrogens with two attached hydrogens (primary N) is 1. The molecule has 3 N–H and O–H groups in total. The summed E-state index contributed by atoms with van der Waals surface area (Å²) >= 11 is 0. The number of carbonyl (C=O) groups excluding carboxylic acids is 1. The molecule has 1 aromatic carbocycles. The van der Waals surface area contributed by atoms with E-state index in [4.69, 9.17) is 19.9 Å². The van der Waals surface area contributed by atoms with Gasteiger partial charge in [0.05, 0.1) is 25.8 Å². The maximum Gasteiger partial charge on any atom is 0.407 e. The minimum Gasteiger partial charge on any atom is -0.493 e.